The van der Waals surface area contributed by atoms with E-state index in [-0.39, 0.29) is 96.4 Å². The van der Waals surface area contributed by atoms with Gasteiger partial charge in [-0.15, -0.1) is 0 Å². The van der Waals surface area contributed by atoms with E-state index in [9.17, 15) is 0 Å². The van der Waals surface area contributed by atoms with Gasteiger partial charge in [0.2, 0.25) is 17.8 Å². The summed E-state index contributed by atoms with van der Waals surface area (Å²) in [7, 11) is 0. The molecule has 3 saturated heterocycles. The van der Waals surface area contributed by atoms with E-state index in [4.69, 9.17) is 56.8 Å². The SMILES string of the molecule is CC12O[C@H]3O[C@@H]4OC(=O)c5cc(OCc6ccccc6)c(OCc6ccccc6)c(OCc6ccccc6)c5-c5c(cc(OCc6ccccc6)c(OCc6ccccc6)c5OCc5ccccc5)C(=O)O[C@H]([C@@H]4O1)[C@H]3O2. The Kier molecular flexibility index (Phi) is 14.0. The molecule has 4 aliphatic rings. The van der Waals surface area contributed by atoms with Gasteiger partial charge in [-0.2, -0.15) is 0 Å². The molecule has 6 atom stereocenters. The molecule has 0 aliphatic carbocycles. The maximum atomic E-state index is 15.8. The normalized spacial score (nSPS) is 20.8. The maximum Gasteiger partial charge on any atom is 0.341 e. The predicted octanol–water partition coefficient (Wildman–Crippen LogP) is 11.7. The molecule has 0 spiro atoms. The third-order valence-electron chi connectivity index (χ3n) is 13.4. The highest BCUT2D eigenvalue weighted by molar-refractivity contribution is 6.09. The number of hydrogen-bond donors (Lipinski definition) is 0. The highest BCUT2D eigenvalue weighted by atomic mass is 17.0. The zero-order valence-corrected chi connectivity index (χ0v) is 41.8. The van der Waals surface area contributed by atoms with Crippen molar-refractivity contribution in [1.29, 1.82) is 0 Å². The molecule has 0 amide bonds. The molecular weight excluding hydrogens is 981 g/mol. The highest BCUT2D eigenvalue weighted by Crippen LogP contribution is 2.57. The van der Waals surface area contributed by atoms with Crippen LogP contribution >= 0.6 is 0 Å². The molecule has 14 heteroatoms. The zero-order chi connectivity index (χ0) is 52.1. The summed E-state index contributed by atoms with van der Waals surface area (Å²) in [5, 5.41) is 0. The Morgan fingerprint density at radius 2 is 0.675 bits per heavy atom. The van der Waals surface area contributed by atoms with Crippen LogP contribution in [0.2, 0.25) is 0 Å². The molecule has 1 unspecified atom stereocenters. The van der Waals surface area contributed by atoms with Crippen LogP contribution in [0.1, 0.15) is 61.0 Å². The Morgan fingerprint density at radius 1 is 0.364 bits per heavy atom. The molecule has 8 aromatic carbocycles. The Hall–Kier alpha value is -8.66. The zero-order valence-electron chi connectivity index (χ0n) is 41.8. The summed E-state index contributed by atoms with van der Waals surface area (Å²) in [6.07, 6.45) is -5.99. The molecule has 77 heavy (non-hydrogen) atoms. The number of carbonyl (C=O) groups excluding carboxylic acids is 2. The van der Waals surface area contributed by atoms with E-state index in [1.165, 1.54) is 6.07 Å². The van der Waals surface area contributed by atoms with Crippen molar-refractivity contribution in [2.45, 2.75) is 83.4 Å². The summed E-state index contributed by atoms with van der Waals surface area (Å²) in [6.45, 7) is 1.70. The standard InChI is InChI=1S/C63H52O14/c1-63-75-57-56-58(76-63)62(77-63)74-61(57)73-60(65)47-33-49(67-35-41-22-10-3-11-23-41)53(69-37-43-26-14-5-15-27-43)55(71-39-45-30-18-7-19-31-45)51(47)50-46(59(64)72-56)32-48(66-34-40-20-8-2-9-21-40)52(68-36-42-24-12-4-13-25-42)54(50)70-38-44-28-16-6-17-29-44/h2-33,56-58,61-62H,34-39H2,1H3/t56-,57+,58-,61+,62-,63?/m1/s1. The molecule has 12 rings (SSSR count). The molecule has 388 valence electrons. The first-order valence-corrected chi connectivity index (χ1v) is 25.4. The van der Waals surface area contributed by atoms with Gasteiger partial charge in [0.15, 0.2) is 47.6 Å². The van der Waals surface area contributed by atoms with Gasteiger partial charge in [-0.3, -0.25) is 4.74 Å². The monoisotopic (exact) mass is 1030 g/mol. The van der Waals surface area contributed by atoms with Gasteiger partial charge in [0.05, 0.1) is 11.1 Å². The maximum absolute atomic E-state index is 15.8. The van der Waals surface area contributed by atoms with E-state index in [0.29, 0.717) is 0 Å². The van der Waals surface area contributed by atoms with E-state index >= 15 is 9.59 Å². The molecule has 3 fully saturated rings. The van der Waals surface area contributed by atoms with E-state index in [2.05, 4.69) is 0 Å². The van der Waals surface area contributed by atoms with E-state index < -0.39 is 48.8 Å². The van der Waals surface area contributed by atoms with Crippen LogP contribution in [0.5, 0.6) is 34.5 Å². The molecule has 0 N–H and O–H groups in total. The van der Waals surface area contributed by atoms with Crippen LogP contribution in [0, 0.1) is 0 Å². The van der Waals surface area contributed by atoms with Gasteiger partial charge in [-0.25, -0.2) is 9.59 Å². The molecule has 4 heterocycles. The van der Waals surface area contributed by atoms with E-state index in [1.807, 2.05) is 182 Å². The lowest BCUT2D eigenvalue weighted by atomic mass is 9.91. The fraction of sp³-hybridized carbons (Fsp3) is 0.206. The molecule has 0 aromatic heterocycles. The van der Waals surface area contributed by atoms with Crippen LogP contribution in [0.15, 0.2) is 194 Å². The van der Waals surface area contributed by atoms with Crippen molar-refractivity contribution in [2.75, 3.05) is 0 Å². The van der Waals surface area contributed by atoms with Crippen LogP contribution in [-0.4, -0.2) is 48.8 Å². The third kappa shape index (κ3) is 10.6. The number of carbonyl (C=O) groups is 2. The van der Waals surface area contributed by atoms with Crippen molar-refractivity contribution >= 4 is 11.9 Å². The number of ether oxygens (including phenoxy) is 12. The summed E-state index contributed by atoms with van der Waals surface area (Å²) in [5.41, 5.74) is 4.72. The van der Waals surface area contributed by atoms with Gasteiger partial charge >= 0.3 is 11.9 Å². The Bertz CT molecular complexity index is 3350. The van der Waals surface area contributed by atoms with E-state index in [1.54, 1.807) is 13.0 Å². The molecular formula is C63H52O14. The molecule has 14 nitrogen and oxygen atoms in total. The van der Waals surface area contributed by atoms with Crippen molar-refractivity contribution in [3.05, 3.63) is 239 Å². The van der Waals surface area contributed by atoms with Crippen molar-refractivity contribution in [1.82, 2.24) is 0 Å². The Labute approximate surface area is 444 Å². The number of fused-ring (bicyclic) bond motifs is 4. The minimum absolute atomic E-state index is 0.00688. The lowest BCUT2D eigenvalue weighted by Crippen LogP contribution is -2.62. The summed E-state index contributed by atoms with van der Waals surface area (Å²) in [4.78, 5) is 31.6. The van der Waals surface area contributed by atoms with Crippen molar-refractivity contribution in [3.63, 3.8) is 0 Å². The van der Waals surface area contributed by atoms with E-state index in [0.717, 1.165) is 33.4 Å². The first kappa shape index (κ1) is 49.2. The molecule has 8 aromatic rings. The van der Waals surface area contributed by atoms with Crippen molar-refractivity contribution in [2.24, 2.45) is 0 Å². The quantitative estimate of drug-likeness (QED) is 0.0751. The summed E-state index contributed by atoms with van der Waals surface area (Å²) >= 11 is 0. The van der Waals surface area contributed by atoms with Crippen molar-refractivity contribution in [3.8, 4) is 45.6 Å². The Balaban J connectivity index is 1.15. The summed E-state index contributed by atoms with van der Waals surface area (Å²) in [5.74, 6) is -2.88. The summed E-state index contributed by atoms with van der Waals surface area (Å²) in [6, 6.07) is 60.5. The van der Waals surface area contributed by atoms with Crippen molar-refractivity contribution < 1.29 is 66.4 Å². The summed E-state index contributed by atoms with van der Waals surface area (Å²) < 4.78 is 79.3. The fourth-order valence-electron chi connectivity index (χ4n) is 9.70. The second-order valence-corrected chi connectivity index (χ2v) is 18.8. The molecule has 0 radical (unpaired) electrons. The first-order chi connectivity index (χ1) is 37.8. The number of hydrogen-bond acceptors (Lipinski definition) is 14. The largest absolute Gasteiger partial charge is 0.485 e. The van der Waals surface area contributed by atoms with Gasteiger partial charge in [0, 0.05) is 18.1 Å². The average molecular weight is 1030 g/mol. The molecule has 5 bridgehead atoms. The number of rotatable bonds is 18. The minimum Gasteiger partial charge on any atom is -0.485 e. The molecule has 0 saturated carbocycles. The van der Waals surface area contributed by atoms with Crippen LogP contribution in [0.25, 0.3) is 11.1 Å². The predicted molar refractivity (Wildman–Crippen MR) is 279 cm³/mol. The van der Waals surface area contributed by atoms with Gasteiger partial charge in [-0.1, -0.05) is 182 Å². The average Bonchev–Trinajstić information content (AvgIpc) is 3.82. The third-order valence-corrected chi connectivity index (χ3v) is 13.4. The fourth-order valence-corrected chi connectivity index (χ4v) is 9.70. The minimum atomic E-state index is -1.59. The second-order valence-electron chi connectivity index (χ2n) is 18.8. The molecule has 4 aliphatic heterocycles. The Morgan fingerprint density at radius 3 is 1.04 bits per heavy atom. The van der Waals surface area contributed by atoms with Gasteiger partial charge in [-0.05, 0) is 45.5 Å². The lowest BCUT2D eigenvalue weighted by molar-refractivity contribution is -0.391. The number of esters is 2. The second kappa shape index (κ2) is 21.9. The van der Waals surface area contributed by atoms with Crippen LogP contribution < -0.4 is 28.4 Å². The van der Waals surface area contributed by atoms with Crippen LogP contribution in [0.3, 0.4) is 0 Å². The van der Waals surface area contributed by atoms with Gasteiger partial charge in [0.1, 0.15) is 39.6 Å². The lowest BCUT2D eigenvalue weighted by Gasteiger charge is -2.43. The van der Waals surface area contributed by atoms with Crippen LogP contribution in [0.4, 0.5) is 0 Å². The highest BCUT2D eigenvalue weighted by Gasteiger charge is 2.66. The van der Waals surface area contributed by atoms with Crippen LogP contribution in [-0.2, 0) is 68.1 Å². The topological polar surface area (TPSA) is 145 Å². The van der Waals surface area contributed by atoms with Gasteiger partial charge < -0.3 is 52.1 Å². The number of benzene rings is 8. The van der Waals surface area contributed by atoms with Gasteiger partial charge in [0.25, 0.3) is 5.97 Å². The first-order valence-electron chi connectivity index (χ1n) is 25.4. The smallest absolute Gasteiger partial charge is 0.341 e.